The monoisotopic (exact) mass is 374 g/mol. The number of carbonyl (C=O) groups excluding carboxylic acids is 1. The maximum Gasteiger partial charge on any atom is 0.224 e. The van der Waals surface area contributed by atoms with E-state index in [0.717, 1.165) is 50.0 Å². The summed E-state index contributed by atoms with van der Waals surface area (Å²) in [6.45, 7) is 5.91. The highest BCUT2D eigenvalue weighted by atomic mass is 32.2. The Morgan fingerprint density at radius 1 is 1.12 bits per heavy atom. The van der Waals surface area contributed by atoms with Crippen LogP contribution in [0.5, 0.6) is 0 Å². The highest BCUT2D eigenvalue weighted by molar-refractivity contribution is 7.99. The molecule has 1 aromatic rings. The molecule has 3 nitrogen and oxygen atoms in total. The average Bonchev–Trinajstić information content (AvgIpc) is 2.68. The summed E-state index contributed by atoms with van der Waals surface area (Å²) in [6, 6.07) is 8.77. The summed E-state index contributed by atoms with van der Waals surface area (Å²) in [4.78, 5) is 15.0. The minimum Gasteiger partial charge on any atom is -0.355 e. The molecule has 1 aromatic carbocycles. The van der Waals surface area contributed by atoms with Crippen LogP contribution in [0.1, 0.15) is 56.1 Å². The van der Waals surface area contributed by atoms with Crippen LogP contribution in [-0.2, 0) is 11.3 Å². The van der Waals surface area contributed by atoms with Gasteiger partial charge in [-0.1, -0.05) is 49.1 Å². The van der Waals surface area contributed by atoms with Gasteiger partial charge in [0.2, 0.25) is 5.91 Å². The van der Waals surface area contributed by atoms with E-state index in [9.17, 15) is 4.79 Å². The molecular weight excluding hydrogens is 340 g/mol. The first-order valence-electron chi connectivity index (χ1n) is 10.4. The molecule has 1 aliphatic heterocycles. The minimum absolute atomic E-state index is 0.161. The van der Waals surface area contributed by atoms with Crippen LogP contribution < -0.4 is 5.32 Å². The molecule has 4 heteroatoms. The standard InChI is InChI=1S/C22H34N2OS/c1-18-9-11-19(12-10-18)16-24-14-5-6-20(17-24)22(25)23-13-15-26-21-7-3-2-4-8-21/h9-12,20-21H,2-8,13-17H2,1H3,(H,23,25). The van der Waals surface area contributed by atoms with Crippen molar-refractivity contribution in [2.45, 2.75) is 63.7 Å². The first-order chi connectivity index (χ1) is 12.7. The fourth-order valence-corrected chi connectivity index (χ4v) is 5.36. The van der Waals surface area contributed by atoms with Crippen molar-refractivity contribution >= 4 is 17.7 Å². The van der Waals surface area contributed by atoms with Gasteiger partial charge in [0.05, 0.1) is 5.92 Å². The van der Waals surface area contributed by atoms with Gasteiger partial charge in [-0.3, -0.25) is 9.69 Å². The number of carbonyl (C=O) groups is 1. The fourth-order valence-electron chi connectivity index (χ4n) is 4.14. The first kappa shape index (κ1) is 19.8. The van der Waals surface area contributed by atoms with Gasteiger partial charge in [-0.2, -0.15) is 11.8 Å². The summed E-state index contributed by atoms with van der Waals surface area (Å²) < 4.78 is 0. The van der Waals surface area contributed by atoms with Crippen molar-refractivity contribution in [1.29, 1.82) is 0 Å². The minimum atomic E-state index is 0.161. The van der Waals surface area contributed by atoms with Crippen molar-refractivity contribution in [1.82, 2.24) is 10.2 Å². The molecule has 1 unspecified atom stereocenters. The summed E-state index contributed by atoms with van der Waals surface area (Å²) in [5.41, 5.74) is 2.65. The maximum atomic E-state index is 12.5. The highest BCUT2D eigenvalue weighted by Crippen LogP contribution is 2.27. The molecule has 0 bridgehead atoms. The Balaban J connectivity index is 1.36. The van der Waals surface area contributed by atoms with Gasteiger partial charge in [-0.05, 0) is 44.7 Å². The molecule has 2 aliphatic rings. The summed E-state index contributed by atoms with van der Waals surface area (Å²) in [7, 11) is 0. The molecule has 1 atom stereocenters. The van der Waals surface area contributed by atoms with Crippen molar-refractivity contribution in [2.24, 2.45) is 5.92 Å². The van der Waals surface area contributed by atoms with E-state index in [0.29, 0.717) is 0 Å². The van der Waals surface area contributed by atoms with Crippen LogP contribution in [0.4, 0.5) is 0 Å². The number of hydrogen-bond donors (Lipinski definition) is 1. The lowest BCUT2D eigenvalue weighted by Crippen LogP contribution is -2.43. The largest absolute Gasteiger partial charge is 0.355 e. The van der Waals surface area contributed by atoms with Crippen molar-refractivity contribution in [3.05, 3.63) is 35.4 Å². The second kappa shape index (κ2) is 10.4. The average molecular weight is 375 g/mol. The van der Waals surface area contributed by atoms with E-state index < -0.39 is 0 Å². The molecule has 1 aliphatic carbocycles. The molecule has 0 aromatic heterocycles. The van der Waals surface area contributed by atoms with Gasteiger partial charge in [0, 0.05) is 30.6 Å². The third-order valence-corrected chi connectivity index (χ3v) is 7.09. The summed E-state index contributed by atoms with van der Waals surface area (Å²) in [5.74, 6) is 1.49. The van der Waals surface area contributed by atoms with E-state index in [1.807, 2.05) is 0 Å². The Kier molecular flexibility index (Phi) is 7.87. The van der Waals surface area contributed by atoms with Gasteiger partial charge in [0.15, 0.2) is 0 Å². The lowest BCUT2D eigenvalue weighted by atomic mass is 9.96. The Bertz CT molecular complexity index is 554. The van der Waals surface area contributed by atoms with Gasteiger partial charge >= 0.3 is 0 Å². The number of nitrogens with zero attached hydrogens (tertiary/aromatic N) is 1. The molecule has 1 saturated heterocycles. The molecule has 2 fully saturated rings. The quantitative estimate of drug-likeness (QED) is 0.719. The number of likely N-dealkylation sites (tertiary alicyclic amines) is 1. The van der Waals surface area contributed by atoms with Gasteiger partial charge < -0.3 is 5.32 Å². The Labute approximate surface area is 163 Å². The molecule has 0 spiro atoms. The Morgan fingerprint density at radius 3 is 2.65 bits per heavy atom. The molecule has 1 heterocycles. The van der Waals surface area contributed by atoms with Crippen LogP contribution in [-0.4, -0.2) is 41.4 Å². The molecule has 1 saturated carbocycles. The van der Waals surface area contributed by atoms with Crippen LogP contribution in [0.15, 0.2) is 24.3 Å². The van der Waals surface area contributed by atoms with Crippen LogP contribution in [0, 0.1) is 12.8 Å². The number of rotatable bonds is 7. The van der Waals surface area contributed by atoms with Crippen LogP contribution in [0.2, 0.25) is 0 Å². The zero-order valence-electron chi connectivity index (χ0n) is 16.2. The fraction of sp³-hybridized carbons (Fsp3) is 0.682. The molecule has 1 amide bonds. The highest BCUT2D eigenvalue weighted by Gasteiger charge is 2.25. The van der Waals surface area contributed by atoms with Gasteiger partial charge in [0.1, 0.15) is 0 Å². The maximum absolute atomic E-state index is 12.5. The van der Waals surface area contributed by atoms with E-state index in [1.165, 1.54) is 43.2 Å². The number of amides is 1. The number of aryl methyl sites for hydroxylation is 1. The van der Waals surface area contributed by atoms with Crippen molar-refractivity contribution in [3.8, 4) is 0 Å². The van der Waals surface area contributed by atoms with Crippen molar-refractivity contribution < 1.29 is 4.79 Å². The molecule has 144 valence electrons. The number of benzene rings is 1. The zero-order chi connectivity index (χ0) is 18.2. The third kappa shape index (κ3) is 6.31. The molecule has 0 radical (unpaired) electrons. The van der Waals surface area contributed by atoms with Gasteiger partial charge in [-0.25, -0.2) is 0 Å². The summed E-state index contributed by atoms with van der Waals surface area (Å²) >= 11 is 2.06. The number of thioether (sulfide) groups is 1. The van der Waals surface area contributed by atoms with Crippen molar-refractivity contribution in [3.63, 3.8) is 0 Å². The summed E-state index contributed by atoms with van der Waals surface area (Å²) in [6.07, 6.45) is 9.09. The topological polar surface area (TPSA) is 32.3 Å². The Morgan fingerprint density at radius 2 is 1.88 bits per heavy atom. The third-order valence-electron chi connectivity index (χ3n) is 5.71. The van der Waals surface area contributed by atoms with E-state index in [4.69, 9.17) is 0 Å². The van der Waals surface area contributed by atoms with Gasteiger partial charge in [0.25, 0.3) is 0 Å². The van der Waals surface area contributed by atoms with E-state index in [1.54, 1.807) is 0 Å². The summed E-state index contributed by atoms with van der Waals surface area (Å²) in [5, 5.41) is 4.03. The van der Waals surface area contributed by atoms with E-state index in [-0.39, 0.29) is 11.8 Å². The van der Waals surface area contributed by atoms with Crippen LogP contribution in [0.25, 0.3) is 0 Å². The van der Waals surface area contributed by atoms with E-state index >= 15 is 0 Å². The first-order valence-corrected chi connectivity index (χ1v) is 11.4. The van der Waals surface area contributed by atoms with Crippen LogP contribution >= 0.6 is 11.8 Å². The second-order valence-corrected chi connectivity index (χ2v) is 9.39. The second-order valence-electron chi connectivity index (χ2n) is 7.98. The number of hydrogen-bond acceptors (Lipinski definition) is 3. The molecule has 26 heavy (non-hydrogen) atoms. The van der Waals surface area contributed by atoms with Crippen molar-refractivity contribution in [2.75, 3.05) is 25.4 Å². The van der Waals surface area contributed by atoms with Crippen LogP contribution in [0.3, 0.4) is 0 Å². The lowest BCUT2D eigenvalue weighted by Gasteiger charge is -2.32. The van der Waals surface area contributed by atoms with Gasteiger partial charge in [-0.15, -0.1) is 0 Å². The predicted octanol–water partition coefficient (Wildman–Crippen LogP) is 4.39. The SMILES string of the molecule is Cc1ccc(CN2CCCC(C(=O)NCCSC3CCCCC3)C2)cc1. The predicted molar refractivity (Wildman–Crippen MR) is 112 cm³/mol. The Hall–Kier alpha value is -1.00. The molecule has 3 rings (SSSR count). The molecule has 1 N–H and O–H groups in total. The smallest absolute Gasteiger partial charge is 0.224 e. The number of piperidine rings is 1. The number of nitrogens with one attached hydrogen (secondary N) is 1. The normalized spacial score (nSPS) is 22.3. The lowest BCUT2D eigenvalue weighted by molar-refractivity contribution is -0.126. The zero-order valence-corrected chi connectivity index (χ0v) is 17.0. The molecular formula is C22H34N2OS. The van der Waals surface area contributed by atoms with E-state index in [2.05, 4.69) is 53.2 Å².